The summed E-state index contributed by atoms with van der Waals surface area (Å²) < 4.78 is 0. The average Bonchev–Trinajstić information content (AvgIpc) is 2.54. The quantitative estimate of drug-likeness (QED) is 0.732. The van der Waals surface area contributed by atoms with Crippen LogP contribution in [-0.4, -0.2) is 27.7 Å². The van der Waals surface area contributed by atoms with Gasteiger partial charge in [-0.3, -0.25) is 0 Å². The minimum absolute atomic E-state index is 0.102. The van der Waals surface area contributed by atoms with Crippen LogP contribution in [0.4, 0.5) is 0 Å². The third-order valence-corrected chi connectivity index (χ3v) is 3.65. The lowest BCUT2D eigenvalue weighted by Crippen LogP contribution is -2.41. The van der Waals surface area contributed by atoms with Gasteiger partial charge < -0.3 is 20.1 Å². The van der Waals surface area contributed by atoms with E-state index in [1.807, 2.05) is 6.92 Å². The zero-order chi connectivity index (χ0) is 15.5. The van der Waals surface area contributed by atoms with Gasteiger partial charge in [-0.25, -0.2) is 0 Å². The van der Waals surface area contributed by atoms with Crippen molar-refractivity contribution in [2.75, 3.05) is 0 Å². The van der Waals surface area contributed by atoms with Crippen molar-refractivity contribution in [3.05, 3.63) is 65.2 Å². The van der Waals surface area contributed by atoms with Crippen molar-refractivity contribution in [2.24, 2.45) is 0 Å². The summed E-state index contributed by atoms with van der Waals surface area (Å²) in [5.74, 6) is -0.151. The first kappa shape index (κ1) is 15.2. The van der Waals surface area contributed by atoms with E-state index in [9.17, 15) is 20.1 Å². The lowest BCUT2D eigenvalue weighted by molar-refractivity contribution is -0.127. The number of phenols is 1. The molecule has 0 aliphatic heterocycles. The molecule has 2 unspecified atom stereocenters. The number of benzene rings is 2. The van der Waals surface area contributed by atoms with Crippen molar-refractivity contribution >= 4 is 6.29 Å². The maximum atomic E-state index is 11.0. The zero-order valence-electron chi connectivity index (χ0n) is 11.7. The number of aldehydes is 1. The minimum Gasteiger partial charge on any atom is -0.508 e. The van der Waals surface area contributed by atoms with Crippen molar-refractivity contribution in [1.82, 2.24) is 0 Å². The Morgan fingerprint density at radius 3 is 2.38 bits per heavy atom. The van der Waals surface area contributed by atoms with Gasteiger partial charge in [-0.2, -0.15) is 0 Å². The molecular formula is C17H18O4. The fraction of sp³-hybridized carbons (Fsp3) is 0.235. The molecule has 110 valence electrons. The molecule has 2 rings (SSSR count). The summed E-state index contributed by atoms with van der Waals surface area (Å²) in [5.41, 5.74) is -0.652. The SMILES string of the molecule is CCc1ccc(C(O)(c2ccccc2)C(O)C=O)c(O)c1. The van der Waals surface area contributed by atoms with Crippen molar-refractivity contribution in [1.29, 1.82) is 0 Å². The van der Waals surface area contributed by atoms with E-state index in [1.165, 1.54) is 12.1 Å². The fourth-order valence-electron chi connectivity index (χ4n) is 2.40. The Hall–Kier alpha value is -2.17. The molecular weight excluding hydrogens is 268 g/mol. The number of carbonyl (C=O) groups excluding carboxylic acids is 1. The number of rotatable bonds is 5. The van der Waals surface area contributed by atoms with Gasteiger partial charge in [-0.1, -0.05) is 49.4 Å². The molecule has 2 atom stereocenters. The van der Waals surface area contributed by atoms with Crippen LogP contribution in [0.15, 0.2) is 48.5 Å². The predicted molar refractivity (Wildman–Crippen MR) is 79.0 cm³/mol. The number of aromatic hydroxyl groups is 1. The third kappa shape index (κ3) is 2.68. The van der Waals surface area contributed by atoms with Gasteiger partial charge in [0.05, 0.1) is 0 Å². The van der Waals surface area contributed by atoms with E-state index >= 15 is 0 Å². The molecule has 0 radical (unpaired) electrons. The highest BCUT2D eigenvalue weighted by atomic mass is 16.3. The number of hydrogen-bond acceptors (Lipinski definition) is 4. The Morgan fingerprint density at radius 1 is 1.19 bits per heavy atom. The molecule has 2 aromatic rings. The van der Waals surface area contributed by atoms with Crippen molar-refractivity contribution in [3.8, 4) is 5.75 Å². The molecule has 0 aromatic heterocycles. The maximum Gasteiger partial charge on any atom is 0.152 e. The number of carbonyl (C=O) groups is 1. The molecule has 4 nitrogen and oxygen atoms in total. The van der Waals surface area contributed by atoms with Gasteiger partial charge >= 0.3 is 0 Å². The Morgan fingerprint density at radius 2 is 1.86 bits per heavy atom. The molecule has 0 aliphatic carbocycles. The second kappa shape index (κ2) is 6.08. The molecule has 0 saturated carbocycles. The van der Waals surface area contributed by atoms with Crippen LogP contribution < -0.4 is 0 Å². The number of aliphatic hydroxyl groups is 2. The summed E-state index contributed by atoms with van der Waals surface area (Å²) in [6, 6.07) is 13.1. The van der Waals surface area contributed by atoms with Gasteiger partial charge in [0.1, 0.15) is 11.9 Å². The lowest BCUT2D eigenvalue weighted by atomic mass is 9.81. The molecule has 0 spiro atoms. The van der Waals surface area contributed by atoms with Crippen LogP contribution in [0, 0.1) is 0 Å². The third-order valence-electron chi connectivity index (χ3n) is 3.65. The molecule has 0 saturated heterocycles. The summed E-state index contributed by atoms with van der Waals surface area (Å²) >= 11 is 0. The maximum absolute atomic E-state index is 11.0. The van der Waals surface area contributed by atoms with Crippen LogP contribution in [0.3, 0.4) is 0 Å². The summed E-state index contributed by atoms with van der Waals surface area (Å²) in [6.45, 7) is 1.94. The molecule has 2 aromatic carbocycles. The fourth-order valence-corrected chi connectivity index (χ4v) is 2.40. The standard InChI is InChI=1S/C17H18O4/c1-2-12-8-9-14(15(19)10-12)17(21,16(20)11-18)13-6-4-3-5-7-13/h3-11,16,19-21H,2H2,1H3. The van der Waals surface area contributed by atoms with Gasteiger partial charge in [0.25, 0.3) is 0 Å². The smallest absolute Gasteiger partial charge is 0.152 e. The highest BCUT2D eigenvalue weighted by Gasteiger charge is 2.41. The molecule has 3 N–H and O–H groups in total. The first-order valence-electron chi connectivity index (χ1n) is 6.77. The van der Waals surface area contributed by atoms with Crippen LogP contribution in [0.5, 0.6) is 5.75 Å². The van der Waals surface area contributed by atoms with E-state index in [2.05, 4.69) is 0 Å². The number of hydrogen-bond donors (Lipinski definition) is 3. The summed E-state index contributed by atoms with van der Waals surface area (Å²) in [7, 11) is 0. The van der Waals surface area contributed by atoms with Crippen molar-refractivity contribution in [3.63, 3.8) is 0 Å². The summed E-state index contributed by atoms with van der Waals surface area (Å²) in [4.78, 5) is 11.0. The first-order chi connectivity index (χ1) is 10.0. The van der Waals surface area contributed by atoms with E-state index in [4.69, 9.17) is 0 Å². The molecule has 0 heterocycles. The van der Waals surface area contributed by atoms with E-state index in [-0.39, 0.29) is 17.6 Å². The molecule has 0 amide bonds. The monoisotopic (exact) mass is 286 g/mol. The Bertz CT molecular complexity index is 624. The molecule has 0 fully saturated rings. The highest BCUT2D eigenvalue weighted by Crippen LogP contribution is 2.38. The Kier molecular flexibility index (Phi) is 4.40. The van der Waals surface area contributed by atoms with E-state index in [0.29, 0.717) is 5.56 Å². The van der Waals surface area contributed by atoms with Crippen molar-refractivity contribution < 1.29 is 20.1 Å². The highest BCUT2D eigenvalue weighted by molar-refractivity contribution is 5.63. The minimum atomic E-state index is -1.99. The number of aliphatic hydroxyl groups excluding tert-OH is 1. The first-order valence-corrected chi connectivity index (χ1v) is 6.77. The number of phenolic OH excluding ortho intramolecular Hbond substituents is 1. The van der Waals surface area contributed by atoms with E-state index < -0.39 is 11.7 Å². The number of aryl methyl sites for hydroxylation is 1. The Balaban J connectivity index is 2.64. The van der Waals surface area contributed by atoms with Crippen LogP contribution in [0.1, 0.15) is 23.6 Å². The van der Waals surface area contributed by atoms with Crippen LogP contribution in [-0.2, 0) is 16.8 Å². The normalized spacial score (nSPS) is 15.2. The molecule has 0 aliphatic rings. The van der Waals surface area contributed by atoms with Gasteiger partial charge in [0.15, 0.2) is 11.9 Å². The lowest BCUT2D eigenvalue weighted by Gasteiger charge is -2.32. The van der Waals surface area contributed by atoms with Gasteiger partial charge in [-0.15, -0.1) is 0 Å². The Labute approximate surface area is 123 Å². The molecule has 21 heavy (non-hydrogen) atoms. The molecule has 4 heteroatoms. The van der Waals surface area contributed by atoms with E-state index in [1.54, 1.807) is 36.4 Å². The molecule has 0 bridgehead atoms. The van der Waals surface area contributed by atoms with Crippen LogP contribution in [0.2, 0.25) is 0 Å². The van der Waals surface area contributed by atoms with Crippen LogP contribution in [0.25, 0.3) is 0 Å². The van der Waals surface area contributed by atoms with Crippen LogP contribution >= 0.6 is 0 Å². The van der Waals surface area contributed by atoms with Gasteiger partial charge in [0, 0.05) is 5.56 Å². The predicted octanol–water partition coefficient (Wildman–Crippen LogP) is 1.75. The summed E-state index contributed by atoms with van der Waals surface area (Å²) in [5, 5.41) is 31.1. The topological polar surface area (TPSA) is 77.8 Å². The van der Waals surface area contributed by atoms with Crippen molar-refractivity contribution in [2.45, 2.75) is 25.0 Å². The zero-order valence-corrected chi connectivity index (χ0v) is 11.7. The summed E-state index contributed by atoms with van der Waals surface area (Å²) in [6.07, 6.45) is -0.688. The van der Waals surface area contributed by atoms with Gasteiger partial charge in [-0.05, 0) is 23.6 Å². The van der Waals surface area contributed by atoms with E-state index in [0.717, 1.165) is 12.0 Å². The second-order valence-corrected chi connectivity index (χ2v) is 4.92. The largest absolute Gasteiger partial charge is 0.508 e. The second-order valence-electron chi connectivity index (χ2n) is 4.92. The van der Waals surface area contributed by atoms with Gasteiger partial charge in [0.2, 0.25) is 0 Å². The average molecular weight is 286 g/mol.